The summed E-state index contributed by atoms with van der Waals surface area (Å²) in [6.07, 6.45) is 10.1. The van der Waals surface area contributed by atoms with Crippen LogP contribution in [0.25, 0.3) is 0 Å². The molecule has 0 radical (unpaired) electrons. The van der Waals surface area contributed by atoms with E-state index >= 15 is 0 Å². The first-order chi connectivity index (χ1) is 7.70. The largest absolute Gasteiger partial charge is 0.298 e. The van der Waals surface area contributed by atoms with E-state index in [-0.39, 0.29) is 0 Å². The molecular formula is C13H14BrNO. The van der Waals surface area contributed by atoms with Gasteiger partial charge in [-0.2, -0.15) is 0 Å². The van der Waals surface area contributed by atoms with Crippen molar-refractivity contribution < 1.29 is 4.79 Å². The van der Waals surface area contributed by atoms with Gasteiger partial charge < -0.3 is 0 Å². The van der Waals surface area contributed by atoms with Gasteiger partial charge in [0.05, 0.1) is 5.71 Å². The number of rotatable bonds is 1. The molecule has 0 aromatic carbocycles. The molecule has 0 amide bonds. The van der Waals surface area contributed by atoms with Gasteiger partial charge in [-0.3, -0.25) is 4.79 Å². The van der Waals surface area contributed by atoms with Gasteiger partial charge in [-0.1, -0.05) is 19.1 Å². The molecule has 1 aliphatic carbocycles. The first-order valence-electron chi connectivity index (χ1n) is 5.52. The van der Waals surface area contributed by atoms with Gasteiger partial charge in [0.15, 0.2) is 6.29 Å². The van der Waals surface area contributed by atoms with Gasteiger partial charge in [-0.05, 0) is 52.8 Å². The maximum atomic E-state index is 11.0. The standard InChI is InChI=1S/C13H14BrNO/c1-9-5-6-10-3-2-4-11(8-16)13(10)15-12(14)7-9/h4,6-9H,2-3,5H2,1H3. The van der Waals surface area contributed by atoms with Crippen LogP contribution >= 0.6 is 15.9 Å². The maximum absolute atomic E-state index is 11.0. The van der Waals surface area contributed by atoms with Crippen LogP contribution in [0, 0.1) is 5.92 Å². The quantitative estimate of drug-likeness (QED) is 0.533. The summed E-state index contributed by atoms with van der Waals surface area (Å²) in [5, 5.41) is 0. The van der Waals surface area contributed by atoms with Crippen LogP contribution in [0.2, 0.25) is 0 Å². The van der Waals surface area contributed by atoms with E-state index in [9.17, 15) is 4.79 Å². The highest BCUT2D eigenvalue weighted by molar-refractivity contribution is 9.11. The average molecular weight is 280 g/mol. The smallest absolute Gasteiger partial charge is 0.151 e. The number of hydrogen-bond acceptors (Lipinski definition) is 2. The van der Waals surface area contributed by atoms with E-state index in [0.717, 1.165) is 41.4 Å². The molecule has 0 fully saturated rings. The van der Waals surface area contributed by atoms with Crippen molar-refractivity contribution in [3.05, 3.63) is 34.0 Å². The molecule has 0 N–H and O–H groups in total. The van der Waals surface area contributed by atoms with E-state index in [4.69, 9.17) is 0 Å². The van der Waals surface area contributed by atoms with E-state index in [1.54, 1.807) is 0 Å². The maximum Gasteiger partial charge on any atom is 0.151 e. The van der Waals surface area contributed by atoms with Crippen LogP contribution in [0.1, 0.15) is 26.2 Å². The fourth-order valence-corrected chi connectivity index (χ4v) is 2.63. The Hall–Kier alpha value is -0.960. The predicted octanol–water partition coefficient (Wildman–Crippen LogP) is 3.55. The Bertz CT molecular complexity index is 429. The van der Waals surface area contributed by atoms with Crippen molar-refractivity contribution in [3.63, 3.8) is 0 Å². The van der Waals surface area contributed by atoms with E-state index in [0.29, 0.717) is 5.92 Å². The Labute approximate surface area is 104 Å². The summed E-state index contributed by atoms with van der Waals surface area (Å²) < 4.78 is 0.829. The topological polar surface area (TPSA) is 29.4 Å². The molecule has 2 nitrogen and oxygen atoms in total. The molecule has 0 saturated carbocycles. The number of aldehydes is 1. The van der Waals surface area contributed by atoms with E-state index in [2.05, 4.69) is 40.0 Å². The normalized spacial score (nSPS) is 25.2. The fraction of sp³-hybridized carbons (Fsp3) is 0.385. The Morgan fingerprint density at radius 1 is 1.50 bits per heavy atom. The molecule has 1 atom stereocenters. The highest BCUT2D eigenvalue weighted by Crippen LogP contribution is 2.27. The molecule has 0 aromatic heterocycles. The molecule has 1 heterocycles. The molecule has 1 unspecified atom stereocenters. The van der Waals surface area contributed by atoms with Crippen LogP contribution < -0.4 is 0 Å². The van der Waals surface area contributed by atoms with Crippen LogP contribution in [0.5, 0.6) is 0 Å². The van der Waals surface area contributed by atoms with Crippen LogP contribution in [-0.4, -0.2) is 12.0 Å². The number of hydrogen-bond donors (Lipinski definition) is 0. The first kappa shape index (κ1) is 11.5. The summed E-state index contributed by atoms with van der Waals surface area (Å²) in [7, 11) is 0. The zero-order chi connectivity index (χ0) is 11.5. The summed E-state index contributed by atoms with van der Waals surface area (Å²) in [6.45, 7) is 2.16. The number of carbonyl (C=O) groups excluding carboxylic acids is 1. The average Bonchev–Trinajstić information content (AvgIpc) is 2.25. The molecule has 0 saturated heterocycles. The van der Waals surface area contributed by atoms with Gasteiger partial charge in [0.25, 0.3) is 0 Å². The number of aliphatic imine (C=N–C) groups is 1. The number of carbonyl (C=O) groups is 1. The van der Waals surface area contributed by atoms with Crippen molar-refractivity contribution in [2.45, 2.75) is 26.2 Å². The van der Waals surface area contributed by atoms with E-state index in [1.165, 1.54) is 5.57 Å². The van der Waals surface area contributed by atoms with Crippen LogP contribution in [-0.2, 0) is 4.79 Å². The lowest BCUT2D eigenvalue weighted by atomic mass is 9.90. The summed E-state index contributed by atoms with van der Waals surface area (Å²) >= 11 is 3.44. The van der Waals surface area contributed by atoms with Crippen molar-refractivity contribution in [1.29, 1.82) is 0 Å². The first-order valence-corrected chi connectivity index (χ1v) is 6.31. The van der Waals surface area contributed by atoms with Crippen LogP contribution in [0.15, 0.2) is 39.0 Å². The minimum Gasteiger partial charge on any atom is -0.298 e. The van der Waals surface area contributed by atoms with Gasteiger partial charge in [0.2, 0.25) is 0 Å². The second kappa shape index (κ2) is 4.91. The SMILES string of the molecule is CC1C=C(Br)N=C2C(C=O)=CCCC2=CC1. The Kier molecular flexibility index (Phi) is 3.54. The summed E-state index contributed by atoms with van der Waals surface area (Å²) in [6, 6.07) is 0. The van der Waals surface area contributed by atoms with Crippen molar-refractivity contribution in [3.8, 4) is 0 Å². The Morgan fingerprint density at radius 2 is 2.31 bits per heavy atom. The monoisotopic (exact) mass is 279 g/mol. The summed E-state index contributed by atoms with van der Waals surface area (Å²) in [4.78, 5) is 15.5. The zero-order valence-corrected chi connectivity index (χ0v) is 10.8. The third-order valence-corrected chi connectivity index (χ3v) is 3.30. The molecular weight excluding hydrogens is 266 g/mol. The summed E-state index contributed by atoms with van der Waals surface area (Å²) in [5.74, 6) is 0.484. The molecule has 84 valence electrons. The zero-order valence-electron chi connectivity index (χ0n) is 9.24. The van der Waals surface area contributed by atoms with Crippen molar-refractivity contribution in [2.75, 3.05) is 0 Å². The lowest BCUT2D eigenvalue weighted by Gasteiger charge is -2.18. The van der Waals surface area contributed by atoms with Crippen LogP contribution in [0.3, 0.4) is 0 Å². The number of nitrogens with zero attached hydrogens (tertiary/aromatic N) is 1. The lowest BCUT2D eigenvalue weighted by molar-refractivity contribution is -0.104. The Morgan fingerprint density at radius 3 is 3.06 bits per heavy atom. The van der Waals surface area contributed by atoms with Gasteiger partial charge in [-0.25, -0.2) is 4.99 Å². The third-order valence-electron chi connectivity index (χ3n) is 2.86. The van der Waals surface area contributed by atoms with Gasteiger partial charge >= 0.3 is 0 Å². The third kappa shape index (κ3) is 2.40. The lowest BCUT2D eigenvalue weighted by Crippen LogP contribution is -2.14. The number of halogens is 1. The molecule has 3 heteroatoms. The van der Waals surface area contributed by atoms with Gasteiger partial charge in [-0.15, -0.1) is 0 Å². The van der Waals surface area contributed by atoms with Crippen molar-refractivity contribution in [1.82, 2.24) is 0 Å². The van der Waals surface area contributed by atoms with Crippen LogP contribution in [0.4, 0.5) is 0 Å². The number of fused-ring (bicyclic) bond motifs is 1. The van der Waals surface area contributed by atoms with Gasteiger partial charge in [0.1, 0.15) is 4.61 Å². The predicted molar refractivity (Wildman–Crippen MR) is 69.7 cm³/mol. The van der Waals surface area contributed by atoms with Crippen molar-refractivity contribution >= 4 is 27.9 Å². The molecule has 0 aromatic rings. The molecule has 2 aliphatic rings. The molecule has 0 bridgehead atoms. The molecule has 1 aliphatic heterocycles. The molecule has 2 rings (SSSR count). The summed E-state index contributed by atoms with van der Waals surface area (Å²) in [5.41, 5.74) is 2.77. The Balaban J connectivity index is 2.47. The minimum atomic E-state index is 0.484. The minimum absolute atomic E-state index is 0.484. The second-order valence-corrected chi connectivity index (χ2v) is 5.02. The molecule has 16 heavy (non-hydrogen) atoms. The highest BCUT2D eigenvalue weighted by atomic mass is 79.9. The second-order valence-electron chi connectivity index (χ2n) is 4.21. The number of allylic oxidation sites excluding steroid dienone is 5. The molecule has 0 spiro atoms. The highest BCUT2D eigenvalue weighted by Gasteiger charge is 2.18. The van der Waals surface area contributed by atoms with Crippen molar-refractivity contribution in [2.24, 2.45) is 10.9 Å². The van der Waals surface area contributed by atoms with Gasteiger partial charge in [0, 0.05) is 5.57 Å². The fourth-order valence-electron chi connectivity index (χ4n) is 2.00. The van der Waals surface area contributed by atoms with E-state index < -0.39 is 0 Å². The van der Waals surface area contributed by atoms with E-state index in [1.807, 2.05) is 6.08 Å².